The van der Waals surface area contributed by atoms with Gasteiger partial charge < -0.3 is 26.7 Å². The Kier molecular flexibility index (Phi) is 17.4. The van der Waals surface area contributed by atoms with E-state index in [1.165, 1.54) is 0 Å². The third kappa shape index (κ3) is 17.2. The molecule has 0 bridgehead atoms. The van der Waals surface area contributed by atoms with Crippen molar-refractivity contribution in [2.24, 2.45) is 17.3 Å². The summed E-state index contributed by atoms with van der Waals surface area (Å²) >= 11 is 0. The van der Waals surface area contributed by atoms with Crippen LogP contribution in [-0.2, 0) is 16.5 Å². The Morgan fingerprint density at radius 3 is 0.884 bits per heavy atom. The van der Waals surface area contributed by atoms with Gasteiger partial charge in [0.1, 0.15) is 0 Å². The monoisotopic (exact) mass is 712 g/mol. The van der Waals surface area contributed by atoms with Crippen LogP contribution in [0.25, 0.3) is 0 Å². The molecule has 0 spiro atoms. The molecule has 43 heavy (non-hydrogen) atoms. The molecule has 260 valence electrons. The summed E-state index contributed by atoms with van der Waals surface area (Å²) in [5.41, 5.74) is 0.322. The highest BCUT2D eigenvalue weighted by atomic mass is 28.5. The Morgan fingerprint density at radius 2 is 0.698 bits per heavy atom. The van der Waals surface area contributed by atoms with Crippen LogP contribution in [0.2, 0.25) is 103 Å². The van der Waals surface area contributed by atoms with Gasteiger partial charge >= 0.3 is 17.1 Å². The van der Waals surface area contributed by atoms with E-state index in [-0.39, 0.29) is 13.2 Å². The topological polar surface area (TPSA) is 77.4 Å². The molecule has 12 heteroatoms. The molecule has 0 fully saturated rings. The summed E-state index contributed by atoms with van der Waals surface area (Å²) in [5.74, 6) is 0.918. The number of hydrogen-bond donors (Lipinski definition) is 2. The van der Waals surface area contributed by atoms with Crippen LogP contribution in [0.1, 0.15) is 66.2 Å². The van der Waals surface area contributed by atoms with Crippen molar-refractivity contribution >= 4 is 50.4 Å². The van der Waals surface area contributed by atoms with E-state index in [0.29, 0.717) is 22.9 Å². The van der Waals surface area contributed by atoms with Gasteiger partial charge in [-0.3, -0.25) is 0 Å². The van der Waals surface area contributed by atoms with Crippen LogP contribution in [0.3, 0.4) is 0 Å². The predicted octanol–water partition coefficient (Wildman–Crippen LogP) is 9.90. The van der Waals surface area contributed by atoms with E-state index in [0.717, 1.165) is 38.5 Å². The van der Waals surface area contributed by atoms with Gasteiger partial charge in [-0.05, 0) is 116 Å². The zero-order valence-electron chi connectivity index (χ0n) is 32.0. The second-order valence-electron chi connectivity index (χ2n) is 18.0. The minimum absolute atomic E-state index is 0.0330. The van der Waals surface area contributed by atoms with Crippen molar-refractivity contribution in [2.45, 2.75) is 169 Å². The largest absolute Gasteiger partial charge is 0.436 e. The third-order valence-electron chi connectivity index (χ3n) is 8.80. The zero-order chi connectivity index (χ0) is 34.3. The minimum Gasteiger partial charge on any atom is -0.436 e. The van der Waals surface area contributed by atoms with Crippen LogP contribution < -0.4 is 0 Å². The first kappa shape index (κ1) is 44.1. The predicted molar refractivity (Wildman–Crippen MR) is 202 cm³/mol. The van der Waals surface area contributed by atoms with Gasteiger partial charge in [0.2, 0.25) is 0 Å². The molecule has 0 aliphatic carbocycles. The third-order valence-corrected chi connectivity index (χ3v) is 29.5. The SMILES string of the molecule is CC(CCCC(CO)(CO)CCCC(C)C(C)[Si](C)(O[Si](C)(C)C)O[Si](C)(C)C)C(C)[Si](C)(O[Si](C)(C)C)O[Si](C)(C)C. The lowest BCUT2D eigenvalue weighted by atomic mass is 9.78. The Balaban J connectivity index is 5.40. The average Bonchev–Trinajstić information content (AvgIpc) is 2.76. The molecule has 0 aliphatic heterocycles. The van der Waals surface area contributed by atoms with E-state index >= 15 is 0 Å². The van der Waals surface area contributed by atoms with Gasteiger partial charge in [0.15, 0.2) is 33.3 Å². The summed E-state index contributed by atoms with van der Waals surface area (Å²) in [7, 11) is -11.8. The molecule has 4 unspecified atom stereocenters. The first-order chi connectivity index (χ1) is 19.0. The van der Waals surface area contributed by atoms with E-state index in [1.54, 1.807) is 0 Å². The normalized spacial score (nSPS) is 17.6. The van der Waals surface area contributed by atoms with Crippen molar-refractivity contribution in [3.05, 3.63) is 0 Å². The molecular formula is C31H76O6Si6. The minimum atomic E-state index is -2.38. The summed E-state index contributed by atoms with van der Waals surface area (Å²) in [6.45, 7) is 41.2. The van der Waals surface area contributed by atoms with Crippen LogP contribution in [0.15, 0.2) is 0 Å². The summed E-state index contributed by atoms with van der Waals surface area (Å²) in [6.07, 6.45) is 5.76. The number of aliphatic hydroxyl groups excluding tert-OH is 2. The summed E-state index contributed by atoms with van der Waals surface area (Å²) in [4.78, 5) is 0. The van der Waals surface area contributed by atoms with E-state index in [9.17, 15) is 10.2 Å². The Hall–Kier alpha value is 1.06. The second kappa shape index (κ2) is 16.9. The van der Waals surface area contributed by atoms with Crippen molar-refractivity contribution < 1.29 is 26.7 Å². The fraction of sp³-hybridized carbons (Fsp3) is 1.00. The Labute approximate surface area is 275 Å². The lowest BCUT2D eigenvalue weighted by Gasteiger charge is -2.44. The molecule has 0 aliphatic rings. The van der Waals surface area contributed by atoms with Gasteiger partial charge in [0, 0.05) is 16.5 Å². The van der Waals surface area contributed by atoms with E-state index < -0.39 is 55.8 Å². The molecule has 0 aromatic rings. The molecule has 0 saturated heterocycles. The Bertz CT molecular complexity index is 705. The summed E-state index contributed by atoms with van der Waals surface area (Å²) in [6, 6.07) is 0. The van der Waals surface area contributed by atoms with E-state index in [4.69, 9.17) is 16.5 Å². The van der Waals surface area contributed by atoms with Crippen LogP contribution >= 0.6 is 0 Å². The smallest absolute Gasteiger partial charge is 0.317 e. The highest BCUT2D eigenvalue weighted by Gasteiger charge is 2.48. The van der Waals surface area contributed by atoms with Crippen molar-refractivity contribution in [1.82, 2.24) is 0 Å². The lowest BCUT2D eigenvalue weighted by Crippen LogP contribution is -2.56. The van der Waals surface area contributed by atoms with Gasteiger partial charge in [-0.25, -0.2) is 0 Å². The molecule has 0 amide bonds. The lowest BCUT2D eigenvalue weighted by molar-refractivity contribution is 0.0336. The zero-order valence-corrected chi connectivity index (χ0v) is 38.0. The standard InChI is InChI=1S/C31H76O6Si6/c1-27(29(3)42(17,34-38(5,6)7)35-39(8,9)10)21-19-23-31(25-32,26-33)24-20-22-28(2)30(4)43(18,36-40(11,12)13)37-41(14,15)16/h27-30,32-33H,19-26H2,1-18H3. The van der Waals surface area contributed by atoms with Gasteiger partial charge in [0.25, 0.3) is 0 Å². The molecule has 0 aromatic carbocycles. The molecule has 0 saturated carbocycles. The molecule has 0 radical (unpaired) electrons. The fourth-order valence-electron chi connectivity index (χ4n) is 6.47. The maximum atomic E-state index is 10.5. The van der Waals surface area contributed by atoms with Gasteiger partial charge in [-0.2, -0.15) is 0 Å². The maximum Gasteiger partial charge on any atom is 0.317 e. The highest BCUT2D eigenvalue weighted by molar-refractivity contribution is 6.89. The Morgan fingerprint density at radius 1 is 0.465 bits per heavy atom. The molecule has 2 N–H and O–H groups in total. The van der Waals surface area contributed by atoms with Crippen molar-refractivity contribution in [3.8, 4) is 0 Å². The highest BCUT2D eigenvalue weighted by Crippen LogP contribution is 2.41. The van der Waals surface area contributed by atoms with Crippen molar-refractivity contribution in [3.63, 3.8) is 0 Å². The molecule has 4 atom stereocenters. The van der Waals surface area contributed by atoms with Crippen LogP contribution in [0.4, 0.5) is 0 Å². The number of rotatable bonds is 22. The number of aliphatic hydroxyl groups is 2. The van der Waals surface area contributed by atoms with Gasteiger partial charge in [-0.15, -0.1) is 0 Å². The fourth-order valence-corrected chi connectivity index (χ4v) is 32.4. The van der Waals surface area contributed by atoms with Crippen molar-refractivity contribution in [1.29, 1.82) is 0 Å². The molecular weight excluding hydrogens is 637 g/mol. The van der Waals surface area contributed by atoms with Crippen LogP contribution in [-0.4, -0.2) is 73.8 Å². The molecule has 0 aromatic heterocycles. The van der Waals surface area contributed by atoms with E-state index in [2.05, 4.69) is 119 Å². The quantitative estimate of drug-likeness (QED) is 0.109. The first-order valence-electron chi connectivity index (χ1n) is 17.0. The summed E-state index contributed by atoms with van der Waals surface area (Å²) < 4.78 is 27.4. The maximum absolute atomic E-state index is 10.5. The van der Waals surface area contributed by atoms with E-state index in [1.807, 2.05) is 0 Å². The van der Waals surface area contributed by atoms with Gasteiger partial charge in [-0.1, -0.05) is 53.4 Å². The second-order valence-corrected chi connectivity index (χ2v) is 44.1. The molecule has 6 nitrogen and oxygen atoms in total. The average molecular weight is 713 g/mol. The first-order valence-corrected chi connectivity index (χ1v) is 35.5. The van der Waals surface area contributed by atoms with Crippen LogP contribution in [0, 0.1) is 17.3 Å². The van der Waals surface area contributed by atoms with Crippen LogP contribution in [0.5, 0.6) is 0 Å². The van der Waals surface area contributed by atoms with Crippen molar-refractivity contribution in [2.75, 3.05) is 13.2 Å². The summed E-state index contributed by atoms with van der Waals surface area (Å²) in [5, 5.41) is 21.0. The number of hydrogen-bond acceptors (Lipinski definition) is 6. The molecule has 0 heterocycles. The molecule has 0 rings (SSSR count). The van der Waals surface area contributed by atoms with Gasteiger partial charge in [0.05, 0.1) is 13.2 Å².